The van der Waals surface area contributed by atoms with Gasteiger partial charge in [-0.2, -0.15) is 0 Å². The Hall–Kier alpha value is -4.40. The second kappa shape index (κ2) is 9.84. The molecule has 2 amide bonds. The van der Waals surface area contributed by atoms with Crippen LogP contribution >= 0.6 is 0 Å². The number of benzene rings is 2. The number of methoxy groups -OCH3 is 3. The second-order valence-electron chi connectivity index (χ2n) is 7.95. The van der Waals surface area contributed by atoms with Crippen LogP contribution in [-0.2, 0) is 9.53 Å². The van der Waals surface area contributed by atoms with Crippen LogP contribution in [-0.4, -0.2) is 56.0 Å². The van der Waals surface area contributed by atoms with E-state index in [0.717, 1.165) is 0 Å². The number of nitrogens with zero attached hydrogens (tertiary/aromatic N) is 2. The summed E-state index contributed by atoms with van der Waals surface area (Å²) in [5.41, 5.74) is 2.01. The predicted octanol–water partition coefficient (Wildman–Crippen LogP) is 3.43. The zero-order valence-electron chi connectivity index (χ0n) is 19.8. The van der Waals surface area contributed by atoms with E-state index >= 15 is 0 Å². The molecule has 1 aromatic heterocycles. The van der Waals surface area contributed by atoms with Gasteiger partial charge in [-0.3, -0.25) is 14.6 Å². The lowest BCUT2D eigenvalue weighted by Crippen LogP contribution is -2.44. The quantitative estimate of drug-likeness (QED) is 0.544. The van der Waals surface area contributed by atoms with Crippen molar-refractivity contribution in [2.24, 2.45) is 0 Å². The summed E-state index contributed by atoms with van der Waals surface area (Å²) < 4.78 is 15.7. The number of carbonyl (C=O) groups excluding carboxylic acids is 3. The van der Waals surface area contributed by atoms with Gasteiger partial charge in [-0.1, -0.05) is 18.2 Å². The Labute approximate surface area is 202 Å². The summed E-state index contributed by atoms with van der Waals surface area (Å²) in [6.07, 6.45) is 3.25. The summed E-state index contributed by atoms with van der Waals surface area (Å²) >= 11 is 0. The molecule has 1 aliphatic rings. The lowest BCUT2D eigenvalue weighted by molar-refractivity contribution is -0.119. The number of anilines is 1. The summed E-state index contributed by atoms with van der Waals surface area (Å²) in [6.45, 7) is 0. The number of hydrogen-bond acceptors (Lipinski definition) is 7. The predicted molar refractivity (Wildman–Crippen MR) is 128 cm³/mol. The molecule has 35 heavy (non-hydrogen) atoms. The van der Waals surface area contributed by atoms with Gasteiger partial charge in [0.1, 0.15) is 0 Å². The Bertz CT molecular complexity index is 1280. The molecule has 1 N–H and O–H groups in total. The Kier molecular flexibility index (Phi) is 6.68. The van der Waals surface area contributed by atoms with Crippen molar-refractivity contribution in [1.82, 2.24) is 9.88 Å². The van der Waals surface area contributed by atoms with E-state index in [0.29, 0.717) is 33.9 Å². The highest BCUT2D eigenvalue weighted by atomic mass is 16.5. The molecule has 2 atom stereocenters. The SMILES string of the molecule is COC(=O)c1ccccc1NC(=O)[C@@H]1c2cc(OC)c(OC)cc2C(=O)N(C)[C@@H]1c1cccnc1. The summed E-state index contributed by atoms with van der Waals surface area (Å²) in [5.74, 6) is -1.34. The molecule has 2 aromatic carbocycles. The third kappa shape index (κ3) is 4.28. The molecule has 0 radical (unpaired) electrons. The van der Waals surface area contributed by atoms with Crippen molar-refractivity contribution in [3.63, 3.8) is 0 Å². The van der Waals surface area contributed by atoms with Gasteiger partial charge < -0.3 is 24.4 Å². The number of rotatable bonds is 6. The van der Waals surface area contributed by atoms with E-state index in [1.807, 2.05) is 6.07 Å². The Morgan fingerprint density at radius 1 is 1.00 bits per heavy atom. The van der Waals surface area contributed by atoms with Crippen LogP contribution in [0, 0.1) is 0 Å². The van der Waals surface area contributed by atoms with E-state index in [1.54, 1.807) is 61.9 Å². The lowest BCUT2D eigenvalue weighted by Gasteiger charge is -2.40. The van der Waals surface area contributed by atoms with Gasteiger partial charge in [0.15, 0.2) is 11.5 Å². The molecule has 180 valence electrons. The first-order valence-electron chi connectivity index (χ1n) is 10.8. The molecule has 3 aromatic rings. The minimum absolute atomic E-state index is 0.217. The summed E-state index contributed by atoms with van der Waals surface area (Å²) in [7, 11) is 5.88. The van der Waals surface area contributed by atoms with Crippen LogP contribution in [0.4, 0.5) is 5.69 Å². The molecular weight excluding hydrogens is 450 g/mol. The molecule has 0 saturated heterocycles. The van der Waals surface area contributed by atoms with Crippen molar-refractivity contribution in [3.05, 3.63) is 83.2 Å². The van der Waals surface area contributed by atoms with Gasteiger partial charge in [0, 0.05) is 25.0 Å². The zero-order chi connectivity index (χ0) is 25.1. The first-order chi connectivity index (χ1) is 16.9. The van der Waals surface area contributed by atoms with Crippen LogP contribution in [0.3, 0.4) is 0 Å². The highest BCUT2D eigenvalue weighted by Gasteiger charge is 2.44. The van der Waals surface area contributed by atoms with Crippen LogP contribution < -0.4 is 14.8 Å². The lowest BCUT2D eigenvalue weighted by atomic mass is 9.79. The number of aromatic nitrogens is 1. The van der Waals surface area contributed by atoms with Crippen LogP contribution in [0.1, 0.15) is 43.8 Å². The molecule has 1 aliphatic heterocycles. The second-order valence-corrected chi connectivity index (χ2v) is 7.95. The summed E-state index contributed by atoms with van der Waals surface area (Å²) in [4.78, 5) is 45.2. The highest BCUT2D eigenvalue weighted by Crippen LogP contribution is 2.45. The van der Waals surface area contributed by atoms with Crippen molar-refractivity contribution in [2.45, 2.75) is 12.0 Å². The average Bonchev–Trinajstić information content (AvgIpc) is 2.90. The van der Waals surface area contributed by atoms with Gasteiger partial charge in [0.05, 0.1) is 44.5 Å². The fourth-order valence-electron chi connectivity index (χ4n) is 4.39. The molecule has 4 rings (SSSR count). The number of ether oxygens (including phenoxy) is 3. The molecule has 2 heterocycles. The van der Waals surface area contributed by atoms with Crippen molar-refractivity contribution < 1.29 is 28.6 Å². The molecule has 0 saturated carbocycles. The first-order valence-corrected chi connectivity index (χ1v) is 10.8. The van der Waals surface area contributed by atoms with E-state index in [-0.39, 0.29) is 11.5 Å². The minimum Gasteiger partial charge on any atom is -0.493 e. The number of hydrogen-bond donors (Lipinski definition) is 1. The van der Waals surface area contributed by atoms with Gasteiger partial charge >= 0.3 is 5.97 Å². The smallest absolute Gasteiger partial charge is 0.339 e. The number of esters is 1. The fraction of sp³-hybridized carbons (Fsp3) is 0.231. The van der Waals surface area contributed by atoms with Gasteiger partial charge in [-0.05, 0) is 41.5 Å². The van der Waals surface area contributed by atoms with E-state index in [4.69, 9.17) is 14.2 Å². The summed E-state index contributed by atoms with van der Waals surface area (Å²) in [5, 5.41) is 2.87. The molecule has 0 spiro atoms. The third-order valence-corrected chi connectivity index (χ3v) is 6.07. The Morgan fingerprint density at radius 2 is 1.71 bits per heavy atom. The average molecular weight is 476 g/mol. The standard InChI is InChI=1S/C26H25N3O6/c1-29-23(15-8-7-11-27-14-15)22(17-12-20(33-2)21(34-3)13-18(17)25(29)31)24(30)28-19-10-6-5-9-16(19)26(32)35-4/h5-14,22-23H,1-4H3,(H,28,30)/t22-,23-/m1/s1. The molecule has 0 bridgehead atoms. The van der Waals surface area contributed by atoms with Crippen molar-refractivity contribution in [1.29, 1.82) is 0 Å². The zero-order valence-corrected chi connectivity index (χ0v) is 19.8. The van der Waals surface area contributed by atoms with Gasteiger partial charge in [-0.15, -0.1) is 0 Å². The Morgan fingerprint density at radius 3 is 2.37 bits per heavy atom. The topological polar surface area (TPSA) is 107 Å². The molecular formula is C26H25N3O6. The van der Waals surface area contributed by atoms with Gasteiger partial charge in [-0.25, -0.2) is 4.79 Å². The fourth-order valence-corrected chi connectivity index (χ4v) is 4.39. The molecule has 9 nitrogen and oxygen atoms in total. The van der Waals surface area contributed by atoms with E-state index in [1.165, 1.54) is 26.2 Å². The van der Waals surface area contributed by atoms with Crippen LogP contribution in [0.25, 0.3) is 0 Å². The molecule has 0 aliphatic carbocycles. The van der Waals surface area contributed by atoms with E-state index < -0.39 is 23.8 Å². The number of nitrogens with one attached hydrogen (secondary N) is 1. The molecule has 9 heteroatoms. The van der Waals surface area contributed by atoms with Crippen LogP contribution in [0.5, 0.6) is 11.5 Å². The van der Waals surface area contributed by atoms with E-state index in [9.17, 15) is 14.4 Å². The first kappa shape index (κ1) is 23.7. The summed E-state index contributed by atoms with van der Waals surface area (Å²) in [6, 6.07) is 12.7. The van der Waals surface area contributed by atoms with Crippen molar-refractivity contribution in [3.8, 4) is 11.5 Å². The number of para-hydroxylation sites is 1. The number of amides is 2. The number of pyridine rings is 1. The highest BCUT2D eigenvalue weighted by molar-refractivity contribution is 6.07. The monoisotopic (exact) mass is 475 g/mol. The van der Waals surface area contributed by atoms with E-state index in [2.05, 4.69) is 10.3 Å². The van der Waals surface area contributed by atoms with Crippen LogP contribution in [0.2, 0.25) is 0 Å². The number of likely N-dealkylation sites (N-methyl/N-ethyl adjacent to an activating group) is 1. The van der Waals surface area contributed by atoms with Gasteiger partial charge in [0.2, 0.25) is 5.91 Å². The third-order valence-electron chi connectivity index (χ3n) is 6.07. The largest absolute Gasteiger partial charge is 0.493 e. The Balaban J connectivity index is 1.88. The van der Waals surface area contributed by atoms with Crippen LogP contribution in [0.15, 0.2) is 60.9 Å². The number of carbonyl (C=O) groups is 3. The van der Waals surface area contributed by atoms with Crippen molar-refractivity contribution in [2.75, 3.05) is 33.7 Å². The maximum Gasteiger partial charge on any atom is 0.339 e. The molecule has 0 fully saturated rings. The molecule has 0 unspecified atom stereocenters. The normalized spacial score (nSPS) is 16.8. The van der Waals surface area contributed by atoms with Gasteiger partial charge in [0.25, 0.3) is 5.91 Å². The van der Waals surface area contributed by atoms with Crippen molar-refractivity contribution >= 4 is 23.5 Å². The maximum atomic E-state index is 13.9. The maximum absolute atomic E-state index is 13.9. The minimum atomic E-state index is -0.845. The number of fused-ring (bicyclic) bond motifs is 1.